The molecule has 0 fully saturated rings. The Bertz CT molecular complexity index is 1290. The molecule has 0 radical (unpaired) electrons. The Hall–Kier alpha value is -2.98. The zero-order valence-corrected chi connectivity index (χ0v) is 18.1. The third kappa shape index (κ3) is 4.29. The quantitative estimate of drug-likeness (QED) is 0.540. The number of rotatable bonds is 6. The van der Waals surface area contributed by atoms with E-state index in [-0.39, 0.29) is 29.2 Å². The Morgan fingerprint density at radius 2 is 2.03 bits per heavy atom. The van der Waals surface area contributed by atoms with Gasteiger partial charge in [0.2, 0.25) is 15.9 Å². The van der Waals surface area contributed by atoms with Gasteiger partial charge in [0, 0.05) is 24.4 Å². The second kappa shape index (κ2) is 8.04. The van der Waals surface area contributed by atoms with E-state index in [1.165, 1.54) is 12.1 Å². The van der Waals surface area contributed by atoms with Gasteiger partial charge in [0.15, 0.2) is 0 Å². The molecule has 0 bridgehead atoms. The van der Waals surface area contributed by atoms with Gasteiger partial charge < -0.3 is 10.3 Å². The Morgan fingerprint density at radius 1 is 1.33 bits per heavy atom. The predicted molar refractivity (Wildman–Crippen MR) is 114 cm³/mol. The smallest absolute Gasteiger partial charge is 0.253 e. The number of pyridine rings is 1. The number of aromatic amines is 1. The number of hydrogen-bond donors (Lipinski definition) is 3. The molecule has 10 heteroatoms. The van der Waals surface area contributed by atoms with Gasteiger partial charge in [-0.15, -0.1) is 0 Å². The highest BCUT2D eigenvalue weighted by Gasteiger charge is 2.17. The molecule has 0 spiro atoms. The third-order valence-corrected chi connectivity index (χ3v) is 6.13. The molecule has 1 atom stereocenters. The largest absolute Gasteiger partial charge is 0.350 e. The van der Waals surface area contributed by atoms with Crippen LogP contribution in [-0.4, -0.2) is 29.1 Å². The van der Waals surface area contributed by atoms with Gasteiger partial charge in [-0.05, 0) is 50.5 Å². The lowest BCUT2D eigenvalue weighted by Gasteiger charge is -2.15. The molecular weight excluding hydrogens is 406 g/mol. The maximum Gasteiger partial charge on any atom is 0.253 e. The number of sulfonamides is 1. The Labute approximate surface area is 174 Å². The molecule has 1 aromatic carbocycles. The second-order valence-corrected chi connectivity index (χ2v) is 8.96. The molecule has 2 aromatic heterocycles. The van der Waals surface area contributed by atoms with Crippen LogP contribution in [0, 0.1) is 13.8 Å². The number of hydrogen-bond acceptors (Lipinski definition) is 5. The molecule has 9 nitrogen and oxygen atoms in total. The number of nitrogens with two attached hydrogens (primary N) is 1. The van der Waals surface area contributed by atoms with Gasteiger partial charge in [-0.1, -0.05) is 12.1 Å². The summed E-state index contributed by atoms with van der Waals surface area (Å²) < 4.78 is 24.7. The van der Waals surface area contributed by atoms with Crippen LogP contribution in [0.25, 0.3) is 11.0 Å². The molecule has 0 aliphatic carbocycles. The van der Waals surface area contributed by atoms with E-state index in [9.17, 15) is 18.0 Å². The fraction of sp³-hybridized carbons (Fsp3) is 0.350. The number of nitrogens with zero attached hydrogens (tertiary/aromatic N) is 2. The van der Waals surface area contributed by atoms with Gasteiger partial charge in [0.05, 0.1) is 16.6 Å². The molecule has 30 heavy (non-hydrogen) atoms. The summed E-state index contributed by atoms with van der Waals surface area (Å²) in [6.07, 6.45) is 0.398. The summed E-state index contributed by atoms with van der Waals surface area (Å²) in [6.45, 7) is 5.49. The van der Waals surface area contributed by atoms with Crippen LogP contribution in [0.2, 0.25) is 0 Å². The summed E-state index contributed by atoms with van der Waals surface area (Å²) in [5.41, 5.74) is 3.24. The minimum Gasteiger partial charge on any atom is -0.350 e. The van der Waals surface area contributed by atoms with Crippen LogP contribution in [0.15, 0.2) is 34.0 Å². The molecule has 3 aromatic rings. The topological polar surface area (TPSA) is 140 Å². The molecule has 160 valence electrons. The first-order chi connectivity index (χ1) is 14.0. The molecular formula is C20H25N5O4S. The molecule has 0 aliphatic rings. The molecule has 2 heterocycles. The molecule has 0 saturated heterocycles. The van der Waals surface area contributed by atoms with Crippen LogP contribution in [-0.2, 0) is 28.3 Å². The van der Waals surface area contributed by atoms with Crippen molar-refractivity contribution in [1.29, 1.82) is 0 Å². The van der Waals surface area contributed by atoms with Gasteiger partial charge in [0.25, 0.3) is 5.56 Å². The Balaban J connectivity index is 1.74. The molecule has 0 aliphatic heterocycles. The highest BCUT2D eigenvalue weighted by molar-refractivity contribution is 7.89. The number of primary sulfonamides is 1. The highest BCUT2D eigenvalue weighted by Crippen LogP contribution is 2.21. The molecule has 4 N–H and O–H groups in total. The summed E-state index contributed by atoms with van der Waals surface area (Å²) in [5, 5.41) is 13.2. The van der Waals surface area contributed by atoms with Gasteiger partial charge in [-0.3, -0.25) is 14.3 Å². The monoisotopic (exact) mass is 431 g/mol. The van der Waals surface area contributed by atoms with E-state index < -0.39 is 16.1 Å². The van der Waals surface area contributed by atoms with Crippen LogP contribution >= 0.6 is 0 Å². The van der Waals surface area contributed by atoms with Crippen molar-refractivity contribution in [3.8, 4) is 0 Å². The maximum atomic E-state index is 12.5. The van der Waals surface area contributed by atoms with Crippen molar-refractivity contribution in [1.82, 2.24) is 20.1 Å². The standard InChI is InChI=1S/C20H25N5O4S/c1-11-16(20(27)23-19-18(11)13(3)24-25(19)4)8-9-17(26)22-12(2)14-6-5-7-15(10-14)30(21,28)29/h5-7,10,12H,8-9H2,1-4H3,(H,22,26)(H,23,27)(H2,21,28,29). The highest BCUT2D eigenvalue weighted by atomic mass is 32.2. The summed E-state index contributed by atoms with van der Waals surface area (Å²) in [5.74, 6) is -0.245. The lowest BCUT2D eigenvalue weighted by molar-refractivity contribution is -0.121. The average molecular weight is 432 g/mol. The van der Waals surface area contributed by atoms with Crippen molar-refractivity contribution in [2.24, 2.45) is 12.2 Å². The molecule has 1 amide bonds. The fourth-order valence-corrected chi connectivity index (χ4v) is 4.22. The van der Waals surface area contributed by atoms with E-state index in [1.807, 2.05) is 13.8 Å². The minimum atomic E-state index is -3.82. The van der Waals surface area contributed by atoms with Crippen LogP contribution < -0.4 is 16.0 Å². The van der Waals surface area contributed by atoms with Gasteiger partial charge in [0.1, 0.15) is 5.65 Å². The van der Waals surface area contributed by atoms with Crippen molar-refractivity contribution in [2.45, 2.75) is 44.6 Å². The van der Waals surface area contributed by atoms with E-state index in [2.05, 4.69) is 15.4 Å². The van der Waals surface area contributed by atoms with E-state index in [1.54, 1.807) is 30.8 Å². The van der Waals surface area contributed by atoms with Crippen molar-refractivity contribution in [3.05, 3.63) is 57.0 Å². The second-order valence-electron chi connectivity index (χ2n) is 7.40. The number of nitrogens with one attached hydrogen (secondary N) is 2. The maximum absolute atomic E-state index is 12.5. The van der Waals surface area contributed by atoms with Crippen molar-refractivity contribution in [3.63, 3.8) is 0 Å². The fourth-order valence-electron chi connectivity index (χ4n) is 3.65. The van der Waals surface area contributed by atoms with E-state index in [0.717, 1.165) is 16.6 Å². The van der Waals surface area contributed by atoms with Crippen LogP contribution in [0.4, 0.5) is 0 Å². The zero-order valence-electron chi connectivity index (χ0n) is 17.3. The summed E-state index contributed by atoms with van der Waals surface area (Å²) in [7, 11) is -2.05. The van der Waals surface area contributed by atoms with E-state index >= 15 is 0 Å². The number of fused-ring (bicyclic) bond motifs is 1. The first-order valence-electron chi connectivity index (χ1n) is 9.46. The first-order valence-corrected chi connectivity index (χ1v) is 11.0. The van der Waals surface area contributed by atoms with Gasteiger partial charge in [-0.2, -0.15) is 5.10 Å². The van der Waals surface area contributed by atoms with Gasteiger partial charge >= 0.3 is 0 Å². The SMILES string of the molecule is Cc1nn(C)c2[nH]c(=O)c(CCC(=O)NC(C)c3cccc(S(N)(=O)=O)c3)c(C)c12. The van der Waals surface area contributed by atoms with E-state index in [4.69, 9.17) is 5.14 Å². The number of H-pyrrole nitrogens is 1. The zero-order chi connectivity index (χ0) is 22.2. The van der Waals surface area contributed by atoms with Crippen LogP contribution in [0.1, 0.15) is 41.8 Å². The van der Waals surface area contributed by atoms with Gasteiger partial charge in [-0.25, -0.2) is 13.6 Å². The number of carbonyl (C=O) groups is 1. The minimum absolute atomic E-state index is 0.0107. The Kier molecular flexibility index (Phi) is 5.82. The van der Waals surface area contributed by atoms with E-state index in [0.29, 0.717) is 16.8 Å². The number of amides is 1. The Morgan fingerprint density at radius 3 is 2.70 bits per heavy atom. The number of aryl methyl sites for hydroxylation is 3. The van der Waals surface area contributed by atoms with Crippen LogP contribution in [0.3, 0.4) is 0 Å². The molecule has 0 saturated carbocycles. The lowest BCUT2D eigenvalue weighted by atomic mass is 10.0. The summed E-state index contributed by atoms with van der Waals surface area (Å²) in [4.78, 5) is 27.8. The molecule has 1 unspecified atom stereocenters. The third-order valence-electron chi connectivity index (χ3n) is 5.22. The van der Waals surface area contributed by atoms with Crippen molar-refractivity contribution < 1.29 is 13.2 Å². The van der Waals surface area contributed by atoms with Crippen molar-refractivity contribution >= 4 is 27.0 Å². The molecule has 3 rings (SSSR count). The van der Waals surface area contributed by atoms with Crippen molar-refractivity contribution in [2.75, 3.05) is 0 Å². The average Bonchev–Trinajstić information content (AvgIpc) is 2.94. The number of benzene rings is 1. The lowest BCUT2D eigenvalue weighted by Crippen LogP contribution is -2.28. The predicted octanol–water partition coefficient (Wildman–Crippen LogP) is 1.34. The summed E-state index contributed by atoms with van der Waals surface area (Å²) >= 11 is 0. The van der Waals surface area contributed by atoms with Crippen LogP contribution in [0.5, 0.6) is 0 Å². The number of carbonyl (C=O) groups excluding carboxylic acids is 1. The first kappa shape index (κ1) is 21.7. The normalized spacial score (nSPS) is 12.8. The number of aromatic nitrogens is 3. The summed E-state index contributed by atoms with van der Waals surface area (Å²) in [6, 6.07) is 5.72.